The van der Waals surface area contributed by atoms with Crippen molar-refractivity contribution in [2.45, 2.75) is 32.8 Å². The highest BCUT2D eigenvalue weighted by atomic mass is 16.5. The number of unbranched alkanes of at least 4 members (excludes halogenated alkanes) is 1. The molecule has 2 aromatic carbocycles. The number of nitrogens with zero attached hydrogens (tertiary/aromatic N) is 1. The van der Waals surface area contributed by atoms with Gasteiger partial charge in [-0.05, 0) is 37.0 Å². The van der Waals surface area contributed by atoms with Crippen molar-refractivity contribution in [1.82, 2.24) is 0 Å². The van der Waals surface area contributed by atoms with Crippen LogP contribution < -0.4 is 4.74 Å². The molecule has 0 aromatic heterocycles. The van der Waals surface area contributed by atoms with Crippen molar-refractivity contribution >= 4 is 11.7 Å². The van der Waals surface area contributed by atoms with Crippen LogP contribution in [0.25, 0.3) is 0 Å². The molecule has 25 heavy (non-hydrogen) atoms. The summed E-state index contributed by atoms with van der Waals surface area (Å²) < 4.78 is 10.9. The Bertz CT molecular complexity index is 698. The minimum Gasteiger partial charge on any atom is -0.493 e. The van der Waals surface area contributed by atoms with Crippen LogP contribution >= 0.6 is 0 Å². The molecule has 5 nitrogen and oxygen atoms in total. The Labute approximate surface area is 147 Å². The van der Waals surface area contributed by atoms with Gasteiger partial charge >= 0.3 is 5.97 Å². The smallest absolute Gasteiger partial charge is 0.356 e. The largest absolute Gasteiger partial charge is 0.493 e. The molecule has 0 atom stereocenters. The highest BCUT2D eigenvalue weighted by Gasteiger charge is 2.14. The molecule has 132 valence electrons. The van der Waals surface area contributed by atoms with Gasteiger partial charge in [0.2, 0.25) is 0 Å². The molecule has 0 spiro atoms. The summed E-state index contributed by atoms with van der Waals surface area (Å²) in [5, 5.41) is 12.1. The third-order valence-electron chi connectivity index (χ3n) is 3.73. The van der Waals surface area contributed by atoms with Gasteiger partial charge in [-0.1, -0.05) is 53.7 Å². The second-order valence-electron chi connectivity index (χ2n) is 5.68. The molecule has 0 unspecified atom stereocenters. The maximum absolute atomic E-state index is 11.9. The molecule has 0 aliphatic carbocycles. The van der Waals surface area contributed by atoms with Crippen molar-refractivity contribution in [2.75, 3.05) is 6.61 Å². The van der Waals surface area contributed by atoms with Crippen LogP contribution in [0.3, 0.4) is 0 Å². The highest BCUT2D eigenvalue weighted by Crippen LogP contribution is 2.16. The van der Waals surface area contributed by atoms with E-state index in [0.29, 0.717) is 19.4 Å². The summed E-state index contributed by atoms with van der Waals surface area (Å²) in [5.41, 5.74) is 2.01. The van der Waals surface area contributed by atoms with Crippen LogP contribution in [-0.2, 0) is 16.1 Å². The minimum absolute atomic E-state index is 0.0341. The normalized spacial score (nSPS) is 11.2. The number of carbonyl (C=O) groups is 1. The van der Waals surface area contributed by atoms with Crippen LogP contribution in [0.2, 0.25) is 0 Å². The second kappa shape index (κ2) is 10.1. The SMILES string of the molecule is Cc1ccccc1OCCCCC(=NO)C(=O)OCc1ccccc1. The Hall–Kier alpha value is -2.82. The minimum atomic E-state index is -0.592. The van der Waals surface area contributed by atoms with Gasteiger partial charge in [0.25, 0.3) is 0 Å². The molecule has 0 bridgehead atoms. The van der Waals surface area contributed by atoms with Crippen molar-refractivity contribution in [3.63, 3.8) is 0 Å². The molecule has 0 fully saturated rings. The molecule has 0 amide bonds. The lowest BCUT2D eigenvalue weighted by atomic mass is 10.1. The van der Waals surface area contributed by atoms with Crippen LogP contribution in [0.1, 0.15) is 30.4 Å². The summed E-state index contributed by atoms with van der Waals surface area (Å²) in [6.45, 7) is 2.70. The maximum atomic E-state index is 11.9. The Morgan fingerprint density at radius 1 is 1.04 bits per heavy atom. The lowest BCUT2D eigenvalue weighted by molar-refractivity contribution is -0.137. The van der Waals surface area contributed by atoms with Gasteiger partial charge in [-0.2, -0.15) is 0 Å². The van der Waals surface area contributed by atoms with Crippen LogP contribution in [-0.4, -0.2) is 23.5 Å². The summed E-state index contributed by atoms with van der Waals surface area (Å²) in [6, 6.07) is 17.2. The predicted molar refractivity (Wildman–Crippen MR) is 96.0 cm³/mol. The number of carbonyl (C=O) groups excluding carboxylic acids is 1. The first-order valence-electron chi connectivity index (χ1n) is 8.31. The zero-order valence-corrected chi connectivity index (χ0v) is 14.4. The van der Waals surface area contributed by atoms with Gasteiger partial charge in [-0.25, -0.2) is 4.79 Å². The lowest BCUT2D eigenvalue weighted by Gasteiger charge is -2.09. The Balaban J connectivity index is 1.67. The van der Waals surface area contributed by atoms with Crippen molar-refractivity contribution in [2.24, 2.45) is 5.16 Å². The van der Waals surface area contributed by atoms with Gasteiger partial charge < -0.3 is 14.7 Å². The number of ether oxygens (including phenoxy) is 2. The standard InChI is InChI=1S/C20H23NO4/c1-16-9-5-6-13-19(16)24-14-8-7-12-18(21-23)20(22)25-15-17-10-3-2-4-11-17/h2-6,9-11,13,23H,7-8,12,14-15H2,1H3. The van der Waals surface area contributed by atoms with E-state index in [9.17, 15) is 4.79 Å². The highest BCUT2D eigenvalue weighted by molar-refractivity contribution is 6.36. The van der Waals surface area contributed by atoms with Gasteiger partial charge in [0.15, 0.2) is 5.71 Å². The lowest BCUT2D eigenvalue weighted by Crippen LogP contribution is -2.18. The molecule has 0 saturated carbocycles. The monoisotopic (exact) mass is 341 g/mol. The fraction of sp³-hybridized carbons (Fsp3) is 0.300. The topological polar surface area (TPSA) is 68.1 Å². The zero-order valence-electron chi connectivity index (χ0n) is 14.4. The number of hydrogen-bond donors (Lipinski definition) is 1. The molecule has 2 rings (SSSR count). The van der Waals surface area contributed by atoms with Crippen LogP contribution in [0.4, 0.5) is 0 Å². The maximum Gasteiger partial charge on any atom is 0.356 e. The molecule has 5 heteroatoms. The number of para-hydroxylation sites is 1. The number of esters is 1. The van der Waals surface area contributed by atoms with Crippen molar-refractivity contribution in [3.05, 3.63) is 65.7 Å². The molecular weight excluding hydrogens is 318 g/mol. The Kier molecular flexibility index (Phi) is 7.50. The number of hydrogen-bond acceptors (Lipinski definition) is 5. The summed E-state index contributed by atoms with van der Waals surface area (Å²) in [5.74, 6) is 0.270. The Morgan fingerprint density at radius 2 is 1.76 bits per heavy atom. The van der Waals surface area contributed by atoms with E-state index in [1.54, 1.807) is 0 Å². The summed E-state index contributed by atoms with van der Waals surface area (Å²) in [6.07, 6.45) is 1.77. The third kappa shape index (κ3) is 6.30. The van der Waals surface area contributed by atoms with Gasteiger partial charge in [0, 0.05) is 6.42 Å². The second-order valence-corrected chi connectivity index (χ2v) is 5.68. The van der Waals surface area contributed by atoms with Crippen LogP contribution in [0.5, 0.6) is 5.75 Å². The van der Waals surface area contributed by atoms with Gasteiger partial charge in [-0.15, -0.1) is 0 Å². The molecule has 0 radical (unpaired) electrons. The number of aryl methyl sites for hydroxylation is 1. The summed E-state index contributed by atoms with van der Waals surface area (Å²) in [7, 11) is 0. The van der Waals surface area contributed by atoms with E-state index in [1.807, 2.05) is 61.5 Å². The fourth-order valence-electron chi connectivity index (χ4n) is 2.29. The predicted octanol–water partition coefficient (Wildman–Crippen LogP) is 4.12. The average Bonchev–Trinajstić information content (AvgIpc) is 2.65. The summed E-state index contributed by atoms with van der Waals surface area (Å²) in [4.78, 5) is 11.9. The van der Waals surface area contributed by atoms with Crippen molar-refractivity contribution < 1.29 is 19.5 Å². The molecule has 0 aliphatic rings. The third-order valence-corrected chi connectivity index (χ3v) is 3.73. The van der Waals surface area contributed by atoms with Gasteiger partial charge in [0.05, 0.1) is 6.61 Å². The average molecular weight is 341 g/mol. The summed E-state index contributed by atoms with van der Waals surface area (Å²) >= 11 is 0. The quantitative estimate of drug-likeness (QED) is 0.245. The first kappa shape index (κ1) is 18.5. The first-order chi connectivity index (χ1) is 12.2. The van der Waals surface area contributed by atoms with E-state index in [0.717, 1.165) is 23.3 Å². The fourth-order valence-corrected chi connectivity index (χ4v) is 2.29. The van der Waals surface area contributed by atoms with Gasteiger partial charge in [-0.3, -0.25) is 0 Å². The molecule has 0 heterocycles. The molecule has 0 aliphatic heterocycles. The van der Waals surface area contributed by atoms with E-state index >= 15 is 0 Å². The van der Waals surface area contributed by atoms with E-state index in [1.165, 1.54) is 0 Å². The van der Waals surface area contributed by atoms with E-state index in [2.05, 4.69) is 5.16 Å². The Morgan fingerprint density at radius 3 is 2.48 bits per heavy atom. The van der Waals surface area contributed by atoms with Crippen molar-refractivity contribution in [3.8, 4) is 5.75 Å². The number of benzene rings is 2. The van der Waals surface area contributed by atoms with Crippen LogP contribution in [0.15, 0.2) is 59.8 Å². The molecule has 0 saturated heterocycles. The van der Waals surface area contributed by atoms with E-state index in [4.69, 9.17) is 14.7 Å². The molecular formula is C20H23NO4. The number of oxime groups is 1. The van der Waals surface area contributed by atoms with Gasteiger partial charge in [0.1, 0.15) is 12.4 Å². The number of rotatable bonds is 9. The molecule has 1 N–H and O–H groups in total. The molecule has 2 aromatic rings. The zero-order chi connectivity index (χ0) is 17.9. The van der Waals surface area contributed by atoms with E-state index < -0.39 is 5.97 Å². The van der Waals surface area contributed by atoms with E-state index in [-0.39, 0.29) is 12.3 Å². The van der Waals surface area contributed by atoms with Crippen molar-refractivity contribution in [1.29, 1.82) is 0 Å². The first-order valence-corrected chi connectivity index (χ1v) is 8.31. The van der Waals surface area contributed by atoms with Crippen LogP contribution in [0, 0.1) is 6.92 Å².